The van der Waals surface area contributed by atoms with Crippen LogP contribution in [0.4, 0.5) is 13.2 Å². The van der Waals surface area contributed by atoms with Crippen molar-refractivity contribution in [2.24, 2.45) is 5.92 Å². The molecule has 0 radical (unpaired) electrons. The number of hydrogen-bond donors (Lipinski definition) is 2. The third-order valence-corrected chi connectivity index (χ3v) is 2.65. The van der Waals surface area contributed by atoms with Crippen LogP contribution in [-0.2, 0) is 4.79 Å². The smallest absolute Gasteiger partial charge is 0.381 e. The summed E-state index contributed by atoms with van der Waals surface area (Å²) in [4.78, 5) is 11.2. The zero-order valence-electron chi connectivity index (χ0n) is 8.40. The highest BCUT2D eigenvalue weighted by molar-refractivity contribution is 5.79. The highest BCUT2D eigenvalue weighted by atomic mass is 19.4. The summed E-state index contributed by atoms with van der Waals surface area (Å²) >= 11 is 0. The summed E-state index contributed by atoms with van der Waals surface area (Å²) in [6.07, 6.45) is -4.20. The monoisotopic (exact) mass is 225 g/mol. The van der Waals surface area contributed by atoms with Crippen molar-refractivity contribution >= 4 is 5.91 Å². The molecule has 15 heavy (non-hydrogen) atoms. The average molecular weight is 225 g/mol. The SMILES string of the molecule is CC(O)(CC1CCCNC1=O)C(F)(F)F. The minimum absolute atomic E-state index is 0.397. The lowest BCUT2D eigenvalue weighted by Crippen LogP contribution is -2.47. The number of halogens is 3. The number of nitrogens with one attached hydrogen (secondary N) is 1. The molecule has 0 spiro atoms. The largest absolute Gasteiger partial charge is 0.416 e. The van der Waals surface area contributed by atoms with E-state index < -0.39 is 30.0 Å². The van der Waals surface area contributed by atoms with E-state index in [0.29, 0.717) is 26.3 Å². The predicted octanol–water partition coefficient (Wildman–Crippen LogP) is 1.22. The second-order valence-corrected chi connectivity index (χ2v) is 4.11. The number of piperidine rings is 1. The molecule has 2 atom stereocenters. The van der Waals surface area contributed by atoms with Crippen molar-refractivity contribution < 1.29 is 23.1 Å². The van der Waals surface area contributed by atoms with Gasteiger partial charge in [-0.2, -0.15) is 13.2 Å². The Labute approximate surface area is 85.7 Å². The Morgan fingerprint density at radius 3 is 2.60 bits per heavy atom. The first kappa shape index (κ1) is 12.3. The van der Waals surface area contributed by atoms with Gasteiger partial charge in [0.1, 0.15) is 0 Å². The second-order valence-electron chi connectivity index (χ2n) is 4.11. The third-order valence-electron chi connectivity index (χ3n) is 2.65. The Hall–Kier alpha value is -0.780. The van der Waals surface area contributed by atoms with Crippen molar-refractivity contribution in [1.82, 2.24) is 5.32 Å². The van der Waals surface area contributed by atoms with Crippen LogP contribution in [0.15, 0.2) is 0 Å². The Morgan fingerprint density at radius 2 is 2.13 bits per heavy atom. The van der Waals surface area contributed by atoms with Crippen LogP contribution in [0.2, 0.25) is 0 Å². The molecule has 1 heterocycles. The summed E-state index contributed by atoms with van der Waals surface area (Å²) in [7, 11) is 0. The fraction of sp³-hybridized carbons (Fsp3) is 0.889. The molecule has 3 nitrogen and oxygen atoms in total. The van der Waals surface area contributed by atoms with Gasteiger partial charge in [-0.3, -0.25) is 4.79 Å². The summed E-state index contributed by atoms with van der Waals surface area (Å²) in [5.74, 6) is -1.14. The number of carbonyl (C=O) groups excluding carboxylic acids is 1. The molecule has 0 aliphatic carbocycles. The van der Waals surface area contributed by atoms with Gasteiger partial charge < -0.3 is 10.4 Å². The third kappa shape index (κ3) is 2.84. The highest BCUT2D eigenvalue weighted by Gasteiger charge is 2.51. The number of alkyl halides is 3. The first-order valence-corrected chi connectivity index (χ1v) is 4.81. The van der Waals surface area contributed by atoms with Crippen LogP contribution < -0.4 is 5.32 Å². The van der Waals surface area contributed by atoms with Crippen LogP contribution in [-0.4, -0.2) is 29.3 Å². The van der Waals surface area contributed by atoms with Gasteiger partial charge in [-0.15, -0.1) is 0 Å². The van der Waals surface area contributed by atoms with E-state index in [1.165, 1.54) is 0 Å². The van der Waals surface area contributed by atoms with Gasteiger partial charge in [0.15, 0.2) is 5.60 Å². The molecule has 1 fully saturated rings. The number of amides is 1. The second kappa shape index (κ2) is 4.00. The van der Waals surface area contributed by atoms with Crippen molar-refractivity contribution in [3.8, 4) is 0 Å². The molecular weight excluding hydrogens is 211 g/mol. The van der Waals surface area contributed by atoms with E-state index in [9.17, 15) is 23.1 Å². The molecule has 2 unspecified atom stereocenters. The van der Waals surface area contributed by atoms with Crippen LogP contribution >= 0.6 is 0 Å². The fourth-order valence-electron chi connectivity index (χ4n) is 1.63. The lowest BCUT2D eigenvalue weighted by Gasteiger charge is -2.31. The zero-order valence-corrected chi connectivity index (χ0v) is 8.40. The minimum atomic E-state index is -4.69. The van der Waals surface area contributed by atoms with E-state index in [4.69, 9.17) is 0 Å². The molecule has 88 valence electrons. The van der Waals surface area contributed by atoms with Gasteiger partial charge in [-0.25, -0.2) is 0 Å². The van der Waals surface area contributed by atoms with Crippen LogP contribution in [0.3, 0.4) is 0 Å². The summed E-state index contributed by atoms with van der Waals surface area (Å²) in [6.45, 7) is 1.21. The average Bonchev–Trinajstić information content (AvgIpc) is 2.06. The standard InChI is InChI=1S/C9H14F3NO2/c1-8(15,9(10,11)12)5-6-3-2-4-13-7(6)14/h6,15H,2-5H2,1H3,(H,13,14). The first-order chi connectivity index (χ1) is 6.74. The zero-order chi connectivity index (χ0) is 11.7. The van der Waals surface area contributed by atoms with E-state index in [0.717, 1.165) is 0 Å². The van der Waals surface area contributed by atoms with Crippen molar-refractivity contribution in [1.29, 1.82) is 0 Å². The van der Waals surface area contributed by atoms with E-state index in [1.54, 1.807) is 0 Å². The van der Waals surface area contributed by atoms with Gasteiger partial charge >= 0.3 is 6.18 Å². The summed E-state index contributed by atoms with van der Waals surface area (Å²) in [6, 6.07) is 0. The quantitative estimate of drug-likeness (QED) is 0.742. The number of carbonyl (C=O) groups is 1. The summed E-state index contributed by atoms with van der Waals surface area (Å²) < 4.78 is 37.0. The topological polar surface area (TPSA) is 49.3 Å². The number of rotatable bonds is 2. The molecule has 0 bridgehead atoms. The molecule has 0 aromatic carbocycles. The Morgan fingerprint density at radius 1 is 1.53 bits per heavy atom. The molecule has 1 amide bonds. The molecule has 1 aliphatic heterocycles. The Kier molecular flexibility index (Phi) is 3.28. The van der Waals surface area contributed by atoms with E-state index in [2.05, 4.69) is 5.32 Å². The molecule has 6 heteroatoms. The van der Waals surface area contributed by atoms with Gasteiger partial charge in [0.2, 0.25) is 5.91 Å². The molecule has 0 aromatic heterocycles. The maximum Gasteiger partial charge on any atom is 0.416 e. The van der Waals surface area contributed by atoms with Gasteiger partial charge in [0.25, 0.3) is 0 Å². The normalized spacial score (nSPS) is 27.0. The highest BCUT2D eigenvalue weighted by Crippen LogP contribution is 2.36. The van der Waals surface area contributed by atoms with Crippen LogP contribution in [0.1, 0.15) is 26.2 Å². The number of aliphatic hydroxyl groups is 1. The van der Waals surface area contributed by atoms with Crippen molar-refractivity contribution in [3.05, 3.63) is 0 Å². The first-order valence-electron chi connectivity index (χ1n) is 4.81. The maximum absolute atomic E-state index is 12.3. The minimum Gasteiger partial charge on any atom is -0.381 e. The van der Waals surface area contributed by atoms with Crippen LogP contribution in [0.5, 0.6) is 0 Å². The molecular formula is C9H14F3NO2. The van der Waals surface area contributed by atoms with E-state index in [1.807, 2.05) is 0 Å². The lowest BCUT2D eigenvalue weighted by atomic mass is 9.86. The lowest BCUT2D eigenvalue weighted by molar-refractivity contribution is -0.258. The number of hydrogen-bond acceptors (Lipinski definition) is 2. The molecule has 1 aliphatic rings. The Balaban J connectivity index is 2.63. The van der Waals surface area contributed by atoms with Crippen molar-refractivity contribution in [2.75, 3.05) is 6.54 Å². The van der Waals surface area contributed by atoms with Gasteiger partial charge in [0, 0.05) is 12.5 Å². The summed E-state index contributed by atoms with van der Waals surface area (Å²) in [5, 5.41) is 11.7. The predicted molar refractivity (Wildman–Crippen MR) is 47.0 cm³/mol. The van der Waals surface area contributed by atoms with E-state index >= 15 is 0 Å². The van der Waals surface area contributed by atoms with Crippen LogP contribution in [0.25, 0.3) is 0 Å². The Bertz CT molecular complexity index is 250. The summed E-state index contributed by atoms with van der Waals surface area (Å²) in [5.41, 5.74) is -2.79. The van der Waals surface area contributed by atoms with Crippen LogP contribution in [0, 0.1) is 5.92 Å². The molecule has 1 saturated heterocycles. The fourth-order valence-corrected chi connectivity index (χ4v) is 1.63. The molecule has 0 aromatic rings. The van der Waals surface area contributed by atoms with Gasteiger partial charge in [0.05, 0.1) is 0 Å². The maximum atomic E-state index is 12.3. The van der Waals surface area contributed by atoms with Crippen molar-refractivity contribution in [2.45, 2.75) is 38.0 Å². The van der Waals surface area contributed by atoms with Gasteiger partial charge in [-0.05, 0) is 26.2 Å². The van der Waals surface area contributed by atoms with E-state index in [-0.39, 0.29) is 0 Å². The molecule has 1 rings (SSSR count). The van der Waals surface area contributed by atoms with Gasteiger partial charge in [-0.1, -0.05) is 0 Å². The molecule has 2 N–H and O–H groups in total. The molecule has 0 saturated carbocycles. The van der Waals surface area contributed by atoms with Crippen molar-refractivity contribution in [3.63, 3.8) is 0 Å².